The highest BCUT2D eigenvalue weighted by molar-refractivity contribution is 5.70. The molecule has 0 fully saturated rings. The molecule has 3 aromatic rings. The van der Waals surface area contributed by atoms with Gasteiger partial charge in [0, 0.05) is 23.4 Å². The number of hydrogen-bond donors (Lipinski definition) is 0. The molecule has 1 unspecified atom stereocenters. The van der Waals surface area contributed by atoms with Crippen molar-refractivity contribution in [3.8, 4) is 0 Å². The minimum atomic E-state index is -0.878. The Hall–Kier alpha value is -2.90. The second kappa shape index (κ2) is 7.15. The molecule has 0 aliphatic carbocycles. The van der Waals surface area contributed by atoms with Gasteiger partial charge in [-0.25, -0.2) is 18.3 Å². The maximum absolute atomic E-state index is 13.8. The minimum absolute atomic E-state index is 0.0106. The first kappa shape index (κ1) is 17.9. The Labute approximate surface area is 148 Å². The van der Waals surface area contributed by atoms with E-state index in [-0.39, 0.29) is 12.0 Å². The van der Waals surface area contributed by atoms with Gasteiger partial charge >= 0.3 is 5.97 Å². The zero-order valence-corrected chi connectivity index (χ0v) is 14.7. The number of carbonyl (C=O) groups is 1. The lowest BCUT2D eigenvalue weighted by Gasteiger charge is -2.15. The Balaban J connectivity index is 1.68. The topological polar surface area (TPSA) is 69.4 Å². The van der Waals surface area contributed by atoms with Crippen LogP contribution in [0, 0.1) is 25.5 Å². The van der Waals surface area contributed by atoms with Crippen molar-refractivity contribution in [3.63, 3.8) is 0 Å². The Kier molecular flexibility index (Phi) is 4.92. The van der Waals surface area contributed by atoms with Gasteiger partial charge in [0.15, 0.2) is 0 Å². The molecule has 2 heterocycles. The van der Waals surface area contributed by atoms with Crippen molar-refractivity contribution in [2.24, 2.45) is 0 Å². The maximum Gasteiger partial charge on any atom is 0.306 e. The fourth-order valence-electron chi connectivity index (χ4n) is 2.89. The molecule has 1 aromatic carbocycles. The molecular weight excluding hydrogens is 342 g/mol. The average Bonchev–Trinajstić information content (AvgIpc) is 3.05. The molecule has 0 saturated heterocycles. The van der Waals surface area contributed by atoms with E-state index in [1.165, 1.54) is 13.3 Å². The number of hydrogen-bond acceptors (Lipinski definition) is 5. The number of halogens is 2. The van der Waals surface area contributed by atoms with E-state index in [2.05, 4.69) is 15.1 Å². The molecule has 0 aliphatic rings. The van der Waals surface area contributed by atoms with E-state index in [1.54, 1.807) is 4.52 Å². The second-order valence-electron chi connectivity index (χ2n) is 6.03. The molecule has 26 heavy (non-hydrogen) atoms. The summed E-state index contributed by atoms with van der Waals surface area (Å²) >= 11 is 0. The van der Waals surface area contributed by atoms with Gasteiger partial charge in [-0.05, 0) is 51.0 Å². The van der Waals surface area contributed by atoms with Crippen LogP contribution in [-0.2, 0) is 16.0 Å². The van der Waals surface area contributed by atoms with Crippen LogP contribution >= 0.6 is 0 Å². The zero-order valence-electron chi connectivity index (χ0n) is 14.7. The number of benzene rings is 1. The SMILES string of the molecule is Cc1nc2ncnn2c(C)c1CCC(=O)OC(C)c1cc(F)ccc1F. The third kappa shape index (κ3) is 3.54. The van der Waals surface area contributed by atoms with Crippen LogP contribution in [0.25, 0.3) is 5.78 Å². The first-order valence-electron chi connectivity index (χ1n) is 8.17. The van der Waals surface area contributed by atoms with E-state index in [1.807, 2.05) is 13.8 Å². The van der Waals surface area contributed by atoms with Crippen LogP contribution in [0.4, 0.5) is 8.78 Å². The number of nitrogens with zero attached hydrogens (tertiary/aromatic N) is 4. The second-order valence-corrected chi connectivity index (χ2v) is 6.03. The molecule has 1 atom stereocenters. The summed E-state index contributed by atoms with van der Waals surface area (Å²) in [5.74, 6) is -1.19. The quantitative estimate of drug-likeness (QED) is 0.653. The van der Waals surface area contributed by atoms with Gasteiger partial charge in [-0.15, -0.1) is 0 Å². The van der Waals surface area contributed by atoms with Crippen molar-refractivity contribution in [1.82, 2.24) is 19.6 Å². The fraction of sp³-hybridized carbons (Fsp3) is 0.333. The van der Waals surface area contributed by atoms with Crippen LogP contribution in [0.2, 0.25) is 0 Å². The number of rotatable bonds is 5. The van der Waals surface area contributed by atoms with Gasteiger partial charge < -0.3 is 4.74 Å². The van der Waals surface area contributed by atoms with Gasteiger partial charge in [-0.3, -0.25) is 4.79 Å². The molecule has 3 rings (SSSR count). The molecule has 2 aromatic heterocycles. The largest absolute Gasteiger partial charge is 0.458 e. The Bertz CT molecular complexity index is 971. The van der Waals surface area contributed by atoms with Crippen molar-refractivity contribution in [2.75, 3.05) is 0 Å². The summed E-state index contributed by atoms with van der Waals surface area (Å²) in [5.41, 5.74) is 2.50. The van der Waals surface area contributed by atoms with Gasteiger partial charge in [0.25, 0.3) is 5.78 Å². The van der Waals surface area contributed by atoms with Gasteiger partial charge in [0.2, 0.25) is 0 Å². The fourth-order valence-corrected chi connectivity index (χ4v) is 2.89. The van der Waals surface area contributed by atoms with E-state index < -0.39 is 23.7 Å². The number of fused-ring (bicyclic) bond motifs is 1. The molecule has 0 radical (unpaired) electrons. The number of aryl methyl sites for hydroxylation is 2. The summed E-state index contributed by atoms with van der Waals surface area (Å²) < 4.78 is 33.9. The first-order valence-corrected chi connectivity index (χ1v) is 8.17. The predicted octanol–water partition coefficient (Wildman–Crippen LogP) is 3.26. The van der Waals surface area contributed by atoms with Crippen LogP contribution in [0.3, 0.4) is 0 Å². The molecular formula is C18H18F2N4O2. The monoisotopic (exact) mass is 360 g/mol. The Morgan fingerprint density at radius 1 is 1.31 bits per heavy atom. The van der Waals surface area contributed by atoms with E-state index in [0.29, 0.717) is 12.2 Å². The van der Waals surface area contributed by atoms with Crippen LogP contribution in [-0.4, -0.2) is 25.6 Å². The number of ether oxygens (including phenoxy) is 1. The van der Waals surface area contributed by atoms with E-state index >= 15 is 0 Å². The molecule has 0 amide bonds. The predicted molar refractivity (Wildman–Crippen MR) is 89.4 cm³/mol. The summed E-state index contributed by atoms with van der Waals surface area (Å²) in [6.07, 6.45) is 1.03. The highest BCUT2D eigenvalue weighted by Gasteiger charge is 2.18. The van der Waals surface area contributed by atoms with Gasteiger partial charge in [0.1, 0.15) is 24.1 Å². The Morgan fingerprint density at radius 2 is 2.08 bits per heavy atom. The van der Waals surface area contributed by atoms with E-state index in [0.717, 1.165) is 35.2 Å². The Morgan fingerprint density at radius 3 is 2.85 bits per heavy atom. The van der Waals surface area contributed by atoms with Crippen molar-refractivity contribution < 1.29 is 18.3 Å². The average molecular weight is 360 g/mol. The third-order valence-electron chi connectivity index (χ3n) is 4.27. The summed E-state index contributed by atoms with van der Waals surface area (Å²) in [7, 11) is 0. The highest BCUT2D eigenvalue weighted by atomic mass is 19.1. The molecule has 0 saturated carbocycles. The molecule has 136 valence electrons. The molecule has 0 aliphatic heterocycles. The standard InChI is InChI=1S/C18H18F2N4O2/c1-10-14(11(2)24-18(23-10)21-9-22-24)5-7-17(25)26-12(3)15-8-13(19)4-6-16(15)20/h4,6,8-9,12H,5,7H2,1-3H3. The molecule has 6 nitrogen and oxygen atoms in total. The smallest absolute Gasteiger partial charge is 0.306 e. The van der Waals surface area contributed by atoms with E-state index in [9.17, 15) is 13.6 Å². The van der Waals surface area contributed by atoms with Crippen molar-refractivity contribution in [1.29, 1.82) is 0 Å². The van der Waals surface area contributed by atoms with Crippen molar-refractivity contribution >= 4 is 11.7 Å². The maximum atomic E-state index is 13.8. The normalized spacial score (nSPS) is 12.3. The van der Waals surface area contributed by atoms with Gasteiger partial charge in [0.05, 0.1) is 0 Å². The van der Waals surface area contributed by atoms with Crippen LogP contribution < -0.4 is 0 Å². The van der Waals surface area contributed by atoms with Crippen LogP contribution in [0.1, 0.15) is 42.0 Å². The van der Waals surface area contributed by atoms with Gasteiger partial charge in [-0.2, -0.15) is 10.1 Å². The van der Waals surface area contributed by atoms with Crippen LogP contribution in [0.15, 0.2) is 24.5 Å². The third-order valence-corrected chi connectivity index (χ3v) is 4.27. The summed E-state index contributed by atoms with van der Waals surface area (Å²) in [5, 5.41) is 4.10. The van der Waals surface area contributed by atoms with Crippen molar-refractivity contribution in [2.45, 2.75) is 39.7 Å². The lowest BCUT2D eigenvalue weighted by molar-refractivity contribution is -0.148. The first-order chi connectivity index (χ1) is 12.4. The van der Waals surface area contributed by atoms with Crippen molar-refractivity contribution in [3.05, 3.63) is 58.7 Å². The lowest BCUT2D eigenvalue weighted by Crippen LogP contribution is -2.13. The molecule has 0 N–H and O–H groups in total. The highest BCUT2D eigenvalue weighted by Crippen LogP contribution is 2.22. The summed E-state index contributed by atoms with van der Waals surface area (Å²) in [6, 6.07) is 3.07. The number of esters is 1. The number of aromatic nitrogens is 4. The molecule has 0 bridgehead atoms. The van der Waals surface area contributed by atoms with E-state index in [4.69, 9.17) is 4.74 Å². The lowest BCUT2D eigenvalue weighted by atomic mass is 10.1. The molecule has 0 spiro atoms. The zero-order chi connectivity index (χ0) is 18.8. The minimum Gasteiger partial charge on any atom is -0.458 e. The summed E-state index contributed by atoms with van der Waals surface area (Å²) in [6.45, 7) is 5.23. The summed E-state index contributed by atoms with van der Waals surface area (Å²) in [4.78, 5) is 20.5. The van der Waals surface area contributed by atoms with Gasteiger partial charge in [-0.1, -0.05) is 0 Å². The molecule has 8 heteroatoms. The van der Waals surface area contributed by atoms with Crippen LogP contribution in [0.5, 0.6) is 0 Å². The number of carbonyl (C=O) groups excluding carboxylic acids is 1.